The number of carbonyl (C=O) groups is 1. The lowest BCUT2D eigenvalue weighted by Crippen LogP contribution is -2.62. The summed E-state index contributed by atoms with van der Waals surface area (Å²) in [4.78, 5) is 11.7. The number of esters is 1. The van der Waals surface area contributed by atoms with Crippen molar-refractivity contribution in [3.05, 3.63) is 24.2 Å². The van der Waals surface area contributed by atoms with Gasteiger partial charge >= 0.3 is 5.97 Å². The highest BCUT2D eigenvalue weighted by molar-refractivity contribution is 5.65. The highest BCUT2D eigenvalue weighted by atomic mass is 16.6. The van der Waals surface area contributed by atoms with Gasteiger partial charge in [-0.1, -0.05) is 13.8 Å². The first kappa shape index (κ1) is 19.0. The van der Waals surface area contributed by atoms with Crippen LogP contribution in [0.25, 0.3) is 0 Å². The van der Waals surface area contributed by atoms with E-state index in [1.165, 1.54) is 6.92 Å². The molecule has 0 aromatic carbocycles. The zero-order valence-corrected chi connectivity index (χ0v) is 16.9. The normalized spacial score (nSPS) is 45.7. The van der Waals surface area contributed by atoms with Crippen LogP contribution in [-0.2, 0) is 20.7 Å². The van der Waals surface area contributed by atoms with Crippen molar-refractivity contribution in [2.75, 3.05) is 6.61 Å². The van der Waals surface area contributed by atoms with Crippen molar-refractivity contribution in [3.8, 4) is 0 Å². The molecule has 0 amide bonds. The van der Waals surface area contributed by atoms with E-state index >= 15 is 0 Å². The van der Waals surface area contributed by atoms with E-state index in [-0.39, 0.29) is 28.3 Å². The van der Waals surface area contributed by atoms with Crippen molar-refractivity contribution in [3.63, 3.8) is 0 Å². The van der Waals surface area contributed by atoms with Crippen LogP contribution in [0, 0.1) is 22.7 Å². The van der Waals surface area contributed by atoms with E-state index in [1.54, 1.807) is 12.5 Å². The summed E-state index contributed by atoms with van der Waals surface area (Å²) >= 11 is 0. The summed E-state index contributed by atoms with van der Waals surface area (Å²) in [6, 6.07) is 1.99. The van der Waals surface area contributed by atoms with Crippen LogP contribution < -0.4 is 0 Å². The quantitative estimate of drug-likeness (QED) is 0.626. The van der Waals surface area contributed by atoms with Gasteiger partial charge in [0.1, 0.15) is 0 Å². The molecule has 3 aliphatic rings. The molecule has 2 saturated carbocycles. The Kier molecular flexibility index (Phi) is 4.47. The zero-order valence-electron chi connectivity index (χ0n) is 16.9. The molecule has 2 aliphatic carbocycles. The van der Waals surface area contributed by atoms with Gasteiger partial charge < -0.3 is 19.0 Å². The van der Waals surface area contributed by atoms with Crippen LogP contribution in [0.15, 0.2) is 23.0 Å². The molecule has 3 fully saturated rings. The SMILES string of the molecule is CC(=O)OCC1(CCc2ccoc2)C(C)C(O)CC2(C)C1CCC1OC12C. The molecule has 0 bridgehead atoms. The largest absolute Gasteiger partial charge is 0.472 e. The van der Waals surface area contributed by atoms with E-state index in [0.717, 1.165) is 37.7 Å². The average Bonchev–Trinajstić information content (AvgIpc) is 3.05. The lowest BCUT2D eigenvalue weighted by atomic mass is 9.43. The molecule has 1 aromatic heterocycles. The number of aryl methyl sites for hydroxylation is 1. The number of furan rings is 1. The van der Waals surface area contributed by atoms with E-state index < -0.39 is 6.10 Å². The maximum Gasteiger partial charge on any atom is 0.302 e. The second-order valence-electron chi connectivity index (χ2n) is 9.47. The molecular formula is C22H32O5. The number of aliphatic hydroxyl groups is 1. The van der Waals surface area contributed by atoms with Gasteiger partial charge in [0.05, 0.1) is 36.9 Å². The number of hydrogen-bond acceptors (Lipinski definition) is 5. The first-order valence-electron chi connectivity index (χ1n) is 10.2. The van der Waals surface area contributed by atoms with Crippen molar-refractivity contribution in [1.29, 1.82) is 0 Å². The Morgan fingerprint density at radius 3 is 2.81 bits per heavy atom. The maximum atomic E-state index is 11.7. The van der Waals surface area contributed by atoms with Gasteiger partial charge in [-0.25, -0.2) is 0 Å². The Bertz CT molecular complexity index is 700. The molecular weight excluding hydrogens is 344 g/mol. The number of aliphatic hydroxyl groups excluding tert-OH is 1. The Morgan fingerprint density at radius 2 is 2.15 bits per heavy atom. The average molecular weight is 376 g/mol. The molecule has 0 radical (unpaired) electrons. The molecule has 7 atom stereocenters. The summed E-state index contributed by atoms with van der Waals surface area (Å²) in [5, 5.41) is 11.1. The van der Waals surface area contributed by atoms with Gasteiger partial charge in [0.25, 0.3) is 0 Å². The minimum absolute atomic E-state index is 0.0562. The van der Waals surface area contributed by atoms with Crippen LogP contribution in [0.5, 0.6) is 0 Å². The highest BCUT2D eigenvalue weighted by Gasteiger charge is 2.73. The smallest absolute Gasteiger partial charge is 0.302 e. The van der Waals surface area contributed by atoms with Gasteiger partial charge in [0.15, 0.2) is 0 Å². The van der Waals surface area contributed by atoms with Crippen molar-refractivity contribution in [1.82, 2.24) is 0 Å². The Morgan fingerprint density at radius 1 is 1.37 bits per heavy atom. The highest BCUT2D eigenvalue weighted by Crippen LogP contribution is 2.70. The van der Waals surface area contributed by atoms with Crippen LogP contribution in [0.3, 0.4) is 0 Å². The number of epoxide rings is 1. The number of carbonyl (C=O) groups excluding carboxylic acids is 1. The third-order valence-corrected chi connectivity index (χ3v) is 8.38. The molecule has 5 heteroatoms. The van der Waals surface area contributed by atoms with Gasteiger partial charge in [-0.3, -0.25) is 4.79 Å². The summed E-state index contributed by atoms with van der Waals surface area (Å²) in [6.45, 7) is 8.45. The standard InChI is InChI=1S/C22H32O5/c1-14-17(24)11-20(3)18(5-6-19-21(20,4)27-19)22(14,13-26-15(2)23)9-7-16-8-10-25-12-16/h8,10,12,14,17-19,24H,5-7,9,11,13H2,1-4H3. The lowest BCUT2D eigenvalue weighted by Gasteiger charge is -2.61. The van der Waals surface area contributed by atoms with Crippen molar-refractivity contribution in [2.24, 2.45) is 22.7 Å². The van der Waals surface area contributed by atoms with Crippen molar-refractivity contribution in [2.45, 2.75) is 77.6 Å². The fourth-order valence-corrected chi connectivity index (χ4v) is 6.41. The summed E-state index contributed by atoms with van der Waals surface area (Å²) in [5.74, 6) is 0.147. The van der Waals surface area contributed by atoms with Gasteiger partial charge in [-0.2, -0.15) is 0 Å². The number of hydrogen-bond donors (Lipinski definition) is 1. The van der Waals surface area contributed by atoms with E-state index in [0.29, 0.717) is 18.6 Å². The number of fused-ring (bicyclic) bond motifs is 3. The fraction of sp³-hybridized carbons (Fsp3) is 0.773. The molecule has 27 heavy (non-hydrogen) atoms. The first-order chi connectivity index (χ1) is 12.7. The molecule has 4 rings (SSSR count). The van der Waals surface area contributed by atoms with E-state index in [2.05, 4.69) is 20.8 Å². The molecule has 1 saturated heterocycles. The van der Waals surface area contributed by atoms with E-state index in [1.807, 2.05) is 6.07 Å². The second kappa shape index (κ2) is 6.35. The van der Waals surface area contributed by atoms with Gasteiger partial charge in [-0.05, 0) is 62.5 Å². The molecule has 1 N–H and O–H groups in total. The third kappa shape index (κ3) is 2.77. The number of ether oxygens (including phenoxy) is 2. The van der Waals surface area contributed by atoms with E-state index in [4.69, 9.17) is 13.9 Å². The van der Waals surface area contributed by atoms with E-state index in [9.17, 15) is 9.90 Å². The van der Waals surface area contributed by atoms with Crippen LogP contribution in [0.1, 0.15) is 58.9 Å². The zero-order chi connectivity index (χ0) is 19.4. The summed E-state index contributed by atoms with van der Waals surface area (Å²) in [6.07, 6.45) is 7.92. The van der Waals surface area contributed by atoms with Gasteiger partial charge in [0.2, 0.25) is 0 Å². The second-order valence-corrected chi connectivity index (χ2v) is 9.47. The summed E-state index contributed by atoms with van der Waals surface area (Å²) in [5.41, 5.74) is 0.593. The Labute approximate surface area is 161 Å². The van der Waals surface area contributed by atoms with Crippen LogP contribution in [-0.4, -0.2) is 35.5 Å². The monoisotopic (exact) mass is 376 g/mol. The molecule has 1 aromatic rings. The molecule has 0 spiro atoms. The molecule has 7 unspecified atom stereocenters. The van der Waals surface area contributed by atoms with Crippen molar-refractivity contribution >= 4 is 5.97 Å². The van der Waals surface area contributed by atoms with Crippen LogP contribution in [0.4, 0.5) is 0 Å². The van der Waals surface area contributed by atoms with Gasteiger partial charge in [0, 0.05) is 17.8 Å². The predicted molar refractivity (Wildman–Crippen MR) is 100.0 cm³/mol. The minimum Gasteiger partial charge on any atom is -0.472 e. The lowest BCUT2D eigenvalue weighted by molar-refractivity contribution is -0.189. The number of rotatable bonds is 5. The third-order valence-electron chi connectivity index (χ3n) is 8.38. The fourth-order valence-electron chi connectivity index (χ4n) is 6.41. The maximum absolute atomic E-state index is 11.7. The molecule has 1 aliphatic heterocycles. The predicted octanol–water partition coefficient (Wildman–Crippen LogP) is 3.74. The first-order valence-corrected chi connectivity index (χ1v) is 10.2. The summed E-state index contributed by atoms with van der Waals surface area (Å²) < 4.78 is 17.0. The Hall–Kier alpha value is -1.33. The van der Waals surface area contributed by atoms with Gasteiger partial charge in [-0.15, -0.1) is 0 Å². The van der Waals surface area contributed by atoms with Crippen LogP contribution >= 0.6 is 0 Å². The topological polar surface area (TPSA) is 72.2 Å². The molecule has 2 heterocycles. The summed E-state index contributed by atoms with van der Waals surface area (Å²) in [7, 11) is 0. The van der Waals surface area contributed by atoms with Crippen molar-refractivity contribution < 1.29 is 23.8 Å². The Balaban J connectivity index is 1.71. The van der Waals surface area contributed by atoms with Crippen LogP contribution in [0.2, 0.25) is 0 Å². The molecule has 150 valence electrons. The minimum atomic E-state index is -0.425. The molecule has 5 nitrogen and oxygen atoms in total.